The van der Waals surface area contributed by atoms with Crippen LogP contribution < -0.4 is 20.1 Å². The van der Waals surface area contributed by atoms with Crippen LogP contribution in [0.5, 0.6) is 11.5 Å². The third-order valence-corrected chi connectivity index (χ3v) is 3.94. The molecule has 0 heterocycles. The number of ether oxygens (including phenoxy) is 2. The van der Waals surface area contributed by atoms with Crippen LogP contribution in [0.2, 0.25) is 0 Å². The van der Waals surface area contributed by atoms with Gasteiger partial charge in [-0.05, 0) is 52.0 Å². The quantitative estimate of drug-likeness (QED) is 0.385. The zero-order valence-corrected chi connectivity index (χ0v) is 16.5. The molecule has 0 spiro atoms. The van der Waals surface area contributed by atoms with Crippen LogP contribution in [0.15, 0.2) is 29.3 Å². The molecule has 142 valence electrons. The molecule has 1 aromatic rings. The van der Waals surface area contributed by atoms with Crippen LogP contribution in [0.4, 0.5) is 0 Å². The standard InChI is InChI=1S/C19H34N4O2/c1-15(2)23(16(3)4)13-11-21-19(20-5)22-12-14-25-18-9-7-17(24-6)8-10-18/h7-10,15-16H,11-14H2,1-6H3,(H2,20,21,22). The van der Waals surface area contributed by atoms with Gasteiger partial charge in [0.15, 0.2) is 5.96 Å². The second kappa shape index (κ2) is 11.6. The van der Waals surface area contributed by atoms with Gasteiger partial charge < -0.3 is 20.1 Å². The van der Waals surface area contributed by atoms with Crippen molar-refractivity contribution in [3.05, 3.63) is 24.3 Å². The summed E-state index contributed by atoms with van der Waals surface area (Å²) in [5.74, 6) is 2.45. The van der Waals surface area contributed by atoms with E-state index in [1.54, 1.807) is 14.2 Å². The number of rotatable bonds is 10. The molecule has 0 unspecified atom stereocenters. The van der Waals surface area contributed by atoms with E-state index in [0.717, 1.165) is 30.5 Å². The normalized spacial score (nSPS) is 12.0. The molecule has 0 atom stereocenters. The Balaban J connectivity index is 2.25. The first-order valence-electron chi connectivity index (χ1n) is 8.95. The van der Waals surface area contributed by atoms with Gasteiger partial charge in [0.1, 0.15) is 18.1 Å². The van der Waals surface area contributed by atoms with E-state index in [-0.39, 0.29) is 0 Å². The van der Waals surface area contributed by atoms with Crippen LogP contribution in [0.1, 0.15) is 27.7 Å². The largest absolute Gasteiger partial charge is 0.497 e. The van der Waals surface area contributed by atoms with Gasteiger partial charge in [-0.2, -0.15) is 0 Å². The molecule has 1 aromatic carbocycles. The van der Waals surface area contributed by atoms with Crippen LogP contribution >= 0.6 is 0 Å². The maximum Gasteiger partial charge on any atom is 0.191 e. The van der Waals surface area contributed by atoms with Crippen molar-refractivity contribution >= 4 is 5.96 Å². The van der Waals surface area contributed by atoms with Crippen LogP contribution in [0, 0.1) is 0 Å². The Morgan fingerprint density at radius 3 is 2.08 bits per heavy atom. The number of methoxy groups -OCH3 is 1. The van der Waals surface area contributed by atoms with Gasteiger partial charge >= 0.3 is 0 Å². The van der Waals surface area contributed by atoms with E-state index in [1.165, 1.54) is 0 Å². The molecule has 6 heteroatoms. The Hall–Kier alpha value is -1.95. The maximum absolute atomic E-state index is 5.70. The SMILES string of the molecule is CN=C(NCCOc1ccc(OC)cc1)NCCN(C(C)C)C(C)C. The fourth-order valence-corrected chi connectivity index (χ4v) is 2.65. The van der Waals surface area contributed by atoms with Crippen LogP contribution in [0.25, 0.3) is 0 Å². The van der Waals surface area contributed by atoms with Crippen molar-refractivity contribution in [2.45, 2.75) is 39.8 Å². The number of nitrogens with one attached hydrogen (secondary N) is 2. The molecule has 25 heavy (non-hydrogen) atoms. The third kappa shape index (κ3) is 8.12. The predicted octanol–water partition coefficient (Wildman–Crippen LogP) is 2.36. The van der Waals surface area contributed by atoms with Gasteiger partial charge in [-0.15, -0.1) is 0 Å². The summed E-state index contributed by atoms with van der Waals surface area (Å²) in [6, 6.07) is 8.65. The Labute approximate surface area is 152 Å². The van der Waals surface area contributed by atoms with E-state index in [2.05, 4.69) is 48.2 Å². The van der Waals surface area contributed by atoms with Crippen LogP contribution in [-0.2, 0) is 0 Å². The van der Waals surface area contributed by atoms with E-state index < -0.39 is 0 Å². The summed E-state index contributed by atoms with van der Waals surface area (Å²) in [5, 5.41) is 6.61. The van der Waals surface area contributed by atoms with Crippen molar-refractivity contribution in [3.63, 3.8) is 0 Å². The van der Waals surface area contributed by atoms with Crippen molar-refractivity contribution in [1.82, 2.24) is 15.5 Å². The minimum atomic E-state index is 0.537. The zero-order chi connectivity index (χ0) is 18.7. The first-order valence-corrected chi connectivity index (χ1v) is 8.95. The monoisotopic (exact) mass is 350 g/mol. The molecule has 0 saturated heterocycles. The molecular formula is C19H34N4O2. The highest BCUT2D eigenvalue weighted by atomic mass is 16.5. The number of hydrogen-bond donors (Lipinski definition) is 2. The summed E-state index contributed by atoms with van der Waals surface area (Å²) in [5.41, 5.74) is 0. The molecule has 0 aliphatic carbocycles. The summed E-state index contributed by atoms with van der Waals surface area (Å²) >= 11 is 0. The average Bonchev–Trinajstić information content (AvgIpc) is 2.60. The molecule has 0 aromatic heterocycles. The van der Waals surface area contributed by atoms with E-state index in [0.29, 0.717) is 25.2 Å². The van der Waals surface area contributed by atoms with Gasteiger partial charge in [0, 0.05) is 32.2 Å². The van der Waals surface area contributed by atoms with Crippen molar-refractivity contribution in [2.75, 3.05) is 40.4 Å². The molecule has 6 nitrogen and oxygen atoms in total. The average molecular weight is 351 g/mol. The predicted molar refractivity (Wildman–Crippen MR) is 105 cm³/mol. The Morgan fingerprint density at radius 2 is 1.56 bits per heavy atom. The molecule has 0 saturated carbocycles. The van der Waals surface area contributed by atoms with Crippen molar-refractivity contribution in [2.24, 2.45) is 4.99 Å². The summed E-state index contributed by atoms with van der Waals surface area (Å²) < 4.78 is 10.8. The topological polar surface area (TPSA) is 58.1 Å². The lowest BCUT2D eigenvalue weighted by atomic mass is 10.2. The lowest BCUT2D eigenvalue weighted by Gasteiger charge is -2.30. The smallest absolute Gasteiger partial charge is 0.191 e. The molecular weight excluding hydrogens is 316 g/mol. The molecule has 2 N–H and O–H groups in total. The van der Waals surface area contributed by atoms with Gasteiger partial charge in [0.2, 0.25) is 0 Å². The molecule has 0 fully saturated rings. The fourth-order valence-electron chi connectivity index (χ4n) is 2.65. The lowest BCUT2D eigenvalue weighted by molar-refractivity contribution is 0.178. The Kier molecular flexibility index (Phi) is 9.77. The van der Waals surface area contributed by atoms with Gasteiger partial charge in [0.05, 0.1) is 13.7 Å². The molecule has 0 aliphatic rings. The maximum atomic E-state index is 5.70. The minimum absolute atomic E-state index is 0.537. The highest BCUT2D eigenvalue weighted by Crippen LogP contribution is 2.16. The minimum Gasteiger partial charge on any atom is -0.497 e. The molecule has 0 aliphatic heterocycles. The molecule has 0 radical (unpaired) electrons. The Bertz CT molecular complexity index is 493. The number of aliphatic imine (C=N–C) groups is 1. The van der Waals surface area contributed by atoms with Crippen LogP contribution in [-0.4, -0.2) is 63.3 Å². The summed E-state index contributed by atoms with van der Waals surface area (Å²) in [4.78, 5) is 6.70. The van der Waals surface area contributed by atoms with Gasteiger partial charge in [0.25, 0.3) is 0 Å². The second-order valence-corrected chi connectivity index (χ2v) is 6.38. The van der Waals surface area contributed by atoms with Gasteiger partial charge in [-0.25, -0.2) is 0 Å². The van der Waals surface area contributed by atoms with E-state index in [9.17, 15) is 0 Å². The molecule has 0 amide bonds. The number of benzene rings is 1. The zero-order valence-electron chi connectivity index (χ0n) is 16.5. The van der Waals surface area contributed by atoms with E-state index >= 15 is 0 Å². The first kappa shape index (κ1) is 21.1. The third-order valence-electron chi connectivity index (χ3n) is 3.94. The van der Waals surface area contributed by atoms with Crippen molar-refractivity contribution < 1.29 is 9.47 Å². The van der Waals surface area contributed by atoms with Gasteiger partial charge in [-0.1, -0.05) is 0 Å². The summed E-state index contributed by atoms with van der Waals surface area (Å²) in [6.07, 6.45) is 0. The number of guanidine groups is 1. The summed E-state index contributed by atoms with van der Waals surface area (Å²) in [6.45, 7) is 12.0. The Morgan fingerprint density at radius 1 is 1.00 bits per heavy atom. The number of hydrogen-bond acceptors (Lipinski definition) is 4. The van der Waals surface area contributed by atoms with Crippen molar-refractivity contribution in [3.8, 4) is 11.5 Å². The molecule has 1 rings (SSSR count). The van der Waals surface area contributed by atoms with Crippen LogP contribution in [0.3, 0.4) is 0 Å². The van der Waals surface area contributed by atoms with E-state index in [4.69, 9.17) is 9.47 Å². The molecule has 0 bridgehead atoms. The fraction of sp³-hybridized carbons (Fsp3) is 0.632. The number of nitrogens with zero attached hydrogens (tertiary/aromatic N) is 2. The van der Waals surface area contributed by atoms with E-state index in [1.807, 2.05) is 24.3 Å². The second-order valence-electron chi connectivity index (χ2n) is 6.38. The highest BCUT2D eigenvalue weighted by Gasteiger charge is 2.12. The first-order chi connectivity index (χ1) is 12.0. The van der Waals surface area contributed by atoms with Gasteiger partial charge in [-0.3, -0.25) is 9.89 Å². The van der Waals surface area contributed by atoms with Crippen molar-refractivity contribution in [1.29, 1.82) is 0 Å². The lowest BCUT2D eigenvalue weighted by Crippen LogP contribution is -2.45. The summed E-state index contributed by atoms with van der Waals surface area (Å²) in [7, 11) is 3.43. The highest BCUT2D eigenvalue weighted by molar-refractivity contribution is 5.79.